The van der Waals surface area contributed by atoms with Crippen LogP contribution in [0.25, 0.3) is 0 Å². The minimum Gasteiger partial charge on any atom is -0.389 e. The molecule has 2 N–H and O–H groups in total. The highest BCUT2D eigenvalue weighted by atomic mass is 32.2. The van der Waals surface area contributed by atoms with Crippen molar-refractivity contribution in [1.29, 1.82) is 0 Å². The van der Waals surface area contributed by atoms with E-state index in [0.29, 0.717) is 0 Å². The number of methoxy groups -OCH3 is 1. The summed E-state index contributed by atoms with van der Waals surface area (Å²) in [6, 6.07) is 0. The smallest absolute Gasteiger partial charge is 0.259 e. The van der Waals surface area contributed by atoms with E-state index in [1.54, 1.807) is 7.05 Å². The van der Waals surface area contributed by atoms with Gasteiger partial charge in [0, 0.05) is 26.9 Å². The van der Waals surface area contributed by atoms with Crippen molar-refractivity contribution in [3.63, 3.8) is 0 Å². The Hall–Kier alpha value is -0.960. The number of nitrogens with zero attached hydrogens (tertiary/aromatic N) is 2. The SMILES string of the molecule is COCC(O)CNS(=O)(=O)c1cn(C)cn1. The fraction of sp³-hybridized carbons (Fsp3) is 0.625. The first-order valence-corrected chi connectivity index (χ1v) is 6.08. The van der Waals surface area contributed by atoms with Crippen LogP contribution in [0.1, 0.15) is 0 Å². The number of nitrogens with one attached hydrogen (secondary N) is 1. The summed E-state index contributed by atoms with van der Waals surface area (Å²) in [7, 11) is -0.551. The van der Waals surface area contributed by atoms with E-state index in [1.165, 1.54) is 24.2 Å². The molecule has 0 aliphatic carbocycles. The highest BCUT2D eigenvalue weighted by Gasteiger charge is 2.18. The Labute approximate surface area is 94.1 Å². The number of hydrogen-bond acceptors (Lipinski definition) is 5. The molecule has 0 spiro atoms. The van der Waals surface area contributed by atoms with Gasteiger partial charge in [0.1, 0.15) is 0 Å². The molecule has 0 radical (unpaired) electrons. The average molecular weight is 249 g/mol. The minimum absolute atomic E-state index is 0.0698. The molecule has 0 saturated carbocycles. The van der Waals surface area contributed by atoms with Crippen molar-refractivity contribution in [3.8, 4) is 0 Å². The number of imidazole rings is 1. The molecule has 16 heavy (non-hydrogen) atoms. The van der Waals surface area contributed by atoms with E-state index in [9.17, 15) is 13.5 Å². The molecule has 7 nitrogen and oxygen atoms in total. The Balaban J connectivity index is 2.59. The third-order valence-electron chi connectivity index (χ3n) is 1.82. The Morgan fingerprint density at radius 2 is 2.38 bits per heavy atom. The lowest BCUT2D eigenvalue weighted by molar-refractivity contribution is 0.0679. The van der Waals surface area contributed by atoms with E-state index in [4.69, 9.17) is 0 Å². The zero-order valence-electron chi connectivity index (χ0n) is 9.12. The molecule has 0 bridgehead atoms. The quantitative estimate of drug-likeness (QED) is 0.654. The number of sulfonamides is 1. The second-order valence-corrected chi connectivity index (χ2v) is 5.05. The van der Waals surface area contributed by atoms with Crippen molar-refractivity contribution in [2.75, 3.05) is 20.3 Å². The van der Waals surface area contributed by atoms with Crippen molar-refractivity contribution < 1.29 is 18.3 Å². The molecule has 1 unspecified atom stereocenters. The van der Waals surface area contributed by atoms with Crippen molar-refractivity contribution in [1.82, 2.24) is 14.3 Å². The van der Waals surface area contributed by atoms with E-state index >= 15 is 0 Å². The average Bonchev–Trinajstić information content (AvgIpc) is 2.63. The Kier molecular flexibility index (Phi) is 4.42. The van der Waals surface area contributed by atoms with Gasteiger partial charge >= 0.3 is 0 Å². The van der Waals surface area contributed by atoms with E-state index in [2.05, 4.69) is 14.4 Å². The van der Waals surface area contributed by atoms with Crippen LogP contribution >= 0.6 is 0 Å². The van der Waals surface area contributed by atoms with Crippen LogP contribution in [0.3, 0.4) is 0 Å². The normalized spacial score (nSPS) is 13.9. The summed E-state index contributed by atoms with van der Waals surface area (Å²) in [5.74, 6) is 0. The first-order valence-electron chi connectivity index (χ1n) is 4.60. The van der Waals surface area contributed by atoms with Crippen LogP contribution in [0.5, 0.6) is 0 Å². The number of aryl methyl sites for hydroxylation is 1. The topological polar surface area (TPSA) is 93.5 Å². The third-order valence-corrected chi connectivity index (χ3v) is 3.13. The van der Waals surface area contributed by atoms with Gasteiger partial charge in [0.05, 0.1) is 19.0 Å². The van der Waals surface area contributed by atoms with Gasteiger partial charge in [0.15, 0.2) is 5.03 Å². The van der Waals surface area contributed by atoms with Crippen LogP contribution in [0.15, 0.2) is 17.6 Å². The molecule has 1 rings (SSSR count). The monoisotopic (exact) mass is 249 g/mol. The molecule has 92 valence electrons. The van der Waals surface area contributed by atoms with Gasteiger partial charge in [-0.1, -0.05) is 0 Å². The maximum atomic E-state index is 11.6. The molecule has 0 fully saturated rings. The van der Waals surface area contributed by atoms with Gasteiger partial charge in [-0.15, -0.1) is 0 Å². The summed E-state index contributed by atoms with van der Waals surface area (Å²) in [6.07, 6.45) is 1.90. The molecule has 1 aromatic rings. The van der Waals surface area contributed by atoms with E-state index in [-0.39, 0.29) is 18.2 Å². The van der Waals surface area contributed by atoms with Crippen molar-refractivity contribution in [2.45, 2.75) is 11.1 Å². The van der Waals surface area contributed by atoms with E-state index in [0.717, 1.165) is 0 Å². The predicted molar refractivity (Wildman–Crippen MR) is 56.3 cm³/mol. The number of aliphatic hydroxyl groups excluding tert-OH is 1. The van der Waals surface area contributed by atoms with Gasteiger partial charge in [-0.3, -0.25) is 0 Å². The van der Waals surface area contributed by atoms with E-state index < -0.39 is 16.1 Å². The third kappa shape index (κ3) is 3.56. The molecule has 8 heteroatoms. The number of aromatic nitrogens is 2. The lowest BCUT2D eigenvalue weighted by Crippen LogP contribution is -2.34. The predicted octanol–water partition coefficient (Wildman–Crippen LogP) is -1.29. The van der Waals surface area contributed by atoms with Gasteiger partial charge in [-0.25, -0.2) is 18.1 Å². The van der Waals surface area contributed by atoms with Gasteiger partial charge in [0.2, 0.25) is 0 Å². The summed E-state index contributed by atoms with van der Waals surface area (Å²) < 4.78 is 31.7. The molecule has 0 aliphatic rings. The van der Waals surface area contributed by atoms with Gasteiger partial charge < -0.3 is 14.4 Å². The van der Waals surface area contributed by atoms with E-state index in [1.807, 2.05) is 0 Å². The first-order chi connectivity index (χ1) is 7.45. The lowest BCUT2D eigenvalue weighted by atomic mass is 10.4. The molecule has 0 saturated heterocycles. The zero-order valence-corrected chi connectivity index (χ0v) is 9.94. The molecule has 0 amide bonds. The Morgan fingerprint density at radius 3 is 2.88 bits per heavy atom. The highest BCUT2D eigenvalue weighted by molar-refractivity contribution is 7.89. The summed E-state index contributed by atoms with van der Waals surface area (Å²) in [6.45, 7) is -0.0303. The van der Waals surface area contributed by atoms with Crippen LogP contribution in [0.2, 0.25) is 0 Å². The Bertz CT molecular complexity index is 428. The number of ether oxygens (including phenoxy) is 1. The molecule has 1 atom stereocenters. The minimum atomic E-state index is -3.65. The van der Waals surface area contributed by atoms with Crippen LogP contribution in [0.4, 0.5) is 0 Å². The molecule has 1 aromatic heterocycles. The van der Waals surface area contributed by atoms with Crippen molar-refractivity contribution in [2.24, 2.45) is 7.05 Å². The van der Waals surface area contributed by atoms with Crippen molar-refractivity contribution in [3.05, 3.63) is 12.5 Å². The summed E-state index contributed by atoms with van der Waals surface area (Å²) >= 11 is 0. The fourth-order valence-electron chi connectivity index (χ4n) is 1.06. The fourth-order valence-corrected chi connectivity index (χ4v) is 2.11. The molecular formula is C8H15N3O4S. The number of hydrogen-bond donors (Lipinski definition) is 2. The van der Waals surface area contributed by atoms with Crippen LogP contribution < -0.4 is 4.72 Å². The standard InChI is InChI=1S/C8H15N3O4S/c1-11-4-8(9-6-11)16(13,14)10-3-7(12)5-15-2/h4,6-7,10,12H,3,5H2,1-2H3. The summed E-state index contributed by atoms with van der Waals surface area (Å²) in [5.41, 5.74) is 0. The number of rotatable bonds is 6. The lowest BCUT2D eigenvalue weighted by Gasteiger charge is -2.09. The number of aliphatic hydroxyl groups is 1. The molecular weight excluding hydrogens is 234 g/mol. The summed E-state index contributed by atoms with van der Waals surface area (Å²) in [5, 5.41) is 9.22. The maximum Gasteiger partial charge on any atom is 0.259 e. The van der Waals surface area contributed by atoms with Crippen LogP contribution in [-0.4, -0.2) is 49.4 Å². The van der Waals surface area contributed by atoms with Crippen LogP contribution in [0, 0.1) is 0 Å². The molecule has 1 heterocycles. The van der Waals surface area contributed by atoms with Gasteiger partial charge in [-0.05, 0) is 0 Å². The van der Waals surface area contributed by atoms with Crippen LogP contribution in [-0.2, 0) is 21.8 Å². The first kappa shape index (κ1) is 13.1. The molecule has 0 aromatic carbocycles. The Morgan fingerprint density at radius 1 is 1.69 bits per heavy atom. The maximum absolute atomic E-state index is 11.6. The highest BCUT2D eigenvalue weighted by Crippen LogP contribution is 2.03. The van der Waals surface area contributed by atoms with Crippen molar-refractivity contribution >= 4 is 10.0 Å². The largest absolute Gasteiger partial charge is 0.389 e. The second-order valence-electron chi connectivity index (χ2n) is 3.34. The second kappa shape index (κ2) is 5.39. The van der Waals surface area contributed by atoms with Gasteiger partial charge in [-0.2, -0.15) is 0 Å². The summed E-state index contributed by atoms with van der Waals surface area (Å²) in [4.78, 5) is 3.71. The van der Waals surface area contributed by atoms with Gasteiger partial charge in [0.25, 0.3) is 10.0 Å². The zero-order chi connectivity index (χ0) is 12.2. The molecule has 0 aliphatic heterocycles.